The first-order valence-corrected chi connectivity index (χ1v) is 14.0. The van der Waals surface area contributed by atoms with E-state index in [9.17, 15) is 4.79 Å². The van der Waals surface area contributed by atoms with Gasteiger partial charge in [-0.1, -0.05) is 29.8 Å². The Labute approximate surface area is 226 Å². The van der Waals surface area contributed by atoms with Gasteiger partial charge in [0.15, 0.2) is 0 Å². The van der Waals surface area contributed by atoms with Crippen molar-refractivity contribution in [3.8, 4) is 17.0 Å². The van der Waals surface area contributed by atoms with Gasteiger partial charge in [0, 0.05) is 52.2 Å². The summed E-state index contributed by atoms with van der Waals surface area (Å²) in [7, 11) is 2.01. The smallest absolute Gasteiger partial charge is 0.266 e. The van der Waals surface area contributed by atoms with Crippen molar-refractivity contribution in [2.24, 2.45) is 0 Å². The minimum Gasteiger partial charge on any atom is -0.494 e. The molecule has 5 rings (SSSR count). The van der Waals surface area contributed by atoms with Gasteiger partial charge in [0.05, 0.1) is 23.5 Å². The van der Waals surface area contributed by atoms with Crippen LogP contribution in [-0.4, -0.2) is 46.5 Å². The van der Waals surface area contributed by atoms with Gasteiger partial charge in [-0.2, -0.15) is 0 Å². The lowest BCUT2D eigenvalue weighted by Gasteiger charge is -2.37. The lowest BCUT2D eigenvalue weighted by atomic mass is 9.89. The van der Waals surface area contributed by atoms with E-state index in [1.54, 1.807) is 18.6 Å². The molecule has 1 N–H and O–H groups in total. The summed E-state index contributed by atoms with van der Waals surface area (Å²) in [5, 5.41) is 4.86. The molecule has 2 aromatic heterocycles. The Balaban J connectivity index is 1.53. The molecule has 1 amide bonds. The lowest BCUT2D eigenvalue weighted by molar-refractivity contribution is 0.0604. The summed E-state index contributed by atoms with van der Waals surface area (Å²) in [4.78, 5) is 25.5. The maximum absolute atomic E-state index is 14.2. The van der Waals surface area contributed by atoms with E-state index in [0.717, 1.165) is 58.3 Å². The molecule has 1 fully saturated rings. The SMILES string of the molecule is CCOc1ccc(-c2cnccn2)cc1CN(C(=O)c1sc2ccccc2c1Cl)C1CCC(NC)CC1. The molecule has 2 heterocycles. The number of rotatable bonds is 8. The molecule has 1 aliphatic rings. The second kappa shape index (κ2) is 11.6. The van der Waals surface area contributed by atoms with E-state index >= 15 is 0 Å². The van der Waals surface area contributed by atoms with Crippen LogP contribution in [0.5, 0.6) is 5.75 Å². The van der Waals surface area contributed by atoms with E-state index in [0.29, 0.717) is 29.1 Å². The van der Waals surface area contributed by atoms with Gasteiger partial charge in [-0.05, 0) is 63.9 Å². The second-order valence-corrected chi connectivity index (χ2v) is 10.7. The molecule has 1 saturated carbocycles. The molecular weight excluding hydrogens is 504 g/mol. The maximum Gasteiger partial charge on any atom is 0.266 e. The number of carbonyl (C=O) groups excluding carboxylic acids is 1. The third kappa shape index (κ3) is 5.49. The Morgan fingerprint density at radius 3 is 2.68 bits per heavy atom. The van der Waals surface area contributed by atoms with Gasteiger partial charge in [-0.25, -0.2) is 0 Å². The molecule has 0 saturated heterocycles. The number of halogens is 1. The van der Waals surface area contributed by atoms with E-state index in [1.165, 1.54) is 11.3 Å². The van der Waals surface area contributed by atoms with Crippen LogP contribution in [0.3, 0.4) is 0 Å². The van der Waals surface area contributed by atoms with Crippen molar-refractivity contribution in [1.82, 2.24) is 20.2 Å². The van der Waals surface area contributed by atoms with Gasteiger partial charge in [0.2, 0.25) is 0 Å². The number of fused-ring (bicyclic) bond motifs is 1. The molecule has 0 spiro atoms. The summed E-state index contributed by atoms with van der Waals surface area (Å²) in [6.07, 6.45) is 9.03. The second-order valence-electron chi connectivity index (χ2n) is 9.31. The summed E-state index contributed by atoms with van der Waals surface area (Å²) in [5.41, 5.74) is 2.68. The number of thiophene rings is 1. The number of carbonyl (C=O) groups is 1. The third-order valence-corrected chi connectivity index (χ3v) is 8.76. The Morgan fingerprint density at radius 1 is 1.16 bits per heavy atom. The van der Waals surface area contributed by atoms with Gasteiger partial charge in [-0.15, -0.1) is 11.3 Å². The molecular formula is C29H31ClN4O2S. The standard InChI is InChI=1S/C29H31ClN4O2S/c1-3-36-25-13-8-19(24-17-32-14-15-33-24)16-20(25)18-34(22-11-9-21(31-2)10-12-22)29(35)28-27(30)23-6-4-5-7-26(23)37-28/h4-8,13-17,21-22,31H,3,9-12,18H2,1-2H3. The molecule has 0 atom stereocenters. The molecule has 0 unspecified atom stereocenters. The Morgan fingerprint density at radius 2 is 1.97 bits per heavy atom. The zero-order valence-corrected chi connectivity index (χ0v) is 22.7. The monoisotopic (exact) mass is 534 g/mol. The third-order valence-electron chi connectivity index (χ3n) is 7.10. The van der Waals surface area contributed by atoms with Crippen LogP contribution in [0.25, 0.3) is 21.3 Å². The zero-order valence-electron chi connectivity index (χ0n) is 21.1. The summed E-state index contributed by atoms with van der Waals surface area (Å²) in [5.74, 6) is 0.755. The van der Waals surface area contributed by atoms with Crippen molar-refractivity contribution in [2.75, 3.05) is 13.7 Å². The highest BCUT2D eigenvalue weighted by Gasteiger charge is 2.32. The van der Waals surface area contributed by atoms with Crippen molar-refractivity contribution in [3.63, 3.8) is 0 Å². The molecule has 192 valence electrons. The predicted molar refractivity (Wildman–Crippen MR) is 150 cm³/mol. The van der Waals surface area contributed by atoms with Crippen LogP contribution >= 0.6 is 22.9 Å². The molecule has 6 nitrogen and oxygen atoms in total. The number of benzene rings is 2. The highest BCUT2D eigenvalue weighted by molar-refractivity contribution is 7.21. The first kappa shape index (κ1) is 25.6. The molecule has 1 aliphatic carbocycles. The van der Waals surface area contributed by atoms with E-state index < -0.39 is 0 Å². The number of ether oxygens (including phenoxy) is 1. The van der Waals surface area contributed by atoms with Crippen molar-refractivity contribution in [2.45, 2.75) is 51.2 Å². The zero-order chi connectivity index (χ0) is 25.8. The topological polar surface area (TPSA) is 67.4 Å². The number of amides is 1. The van der Waals surface area contributed by atoms with Gasteiger partial charge >= 0.3 is 0 Å². The largest absolute Gasteiger partial charge is 0.494 e. The van der Waals surface area contributed by atoms with E-state index in [1.807, 2.05) is 55.3 Å². The van der Waals surface area contributed by atoms with E-state index in [2.05, 4.69) is 21.4 Å². The number of aromatic nitrogens is 2. The minimum absolute atomic E-state index is 0.0218. The molecule has 2 aromatic carbocycles. The first-order valence-electron chi connectivity index (χ1n) is 12.8. The Kier molecular flexibility index (Phi) is 8.03. The van der Waals surface area contributed by atoms with Crippen LogP contribution in [0.2, 0.25) is 5.02 Å². The number of hydrogen-bond acceptors (Lipinski definition) is 6. The van der Waals surface area contributed by atoms with Gasteiger partial charge in [0.1, 0.15) is 10.6 Å². The fourth-order valence-corrected chi connectivity index (χ4v) is 6.58. The molecule has 0 aliphatic heterocycles. The normalized spacial score (nSPS) is 17.6. The average Bonchev–Trinajstić information content (AvgIpc) is 3.29. The Bertz CT molecular complexity index is 1370. The molecule has 37 heavy (non-hydrogen) atoms. The Hall–Kier alpha value is -3.00. The quantitative estimate of drug-likeness (QED) is 0.276. The van der Waals surface area contributed by atoms with E-state index in [4.69, 9.17) is 16.3 Å². The molecule has 4 aromatic rings. The average molecular weight is 535 g/mol. The van der Waals surface area contributed by atoms with Crippen molar-refractivity contribution >= 4 is 38.9 Å². The van der Waals surface area contributed by atoms with Crippen LogP contribution in [0.4, 0.5) is 0 Å². The van der Waals surface area contributed by atoms with Crippen molar-refractivity contribution in [3.05, 3.63) is 76.5 Å². The van der Waals surface area contributed by atoms with Crippen molar-refractivity contribution < 1.29 is 9.53 Å². The number of nitrogens with zero attached hydrogens (tertiary/aromatic N) is 3. The number of hydrogen-bond donors (Lipinski definition) is 1. The first-order chi connectivity index (χ1) is 18.1. The fourth-order valence-electron chi connectivity index (χ4n) is 5.12. The predicted octanol–water partition coefficient (Wildman–Crippen LogP) is 6.58. The summed E-state index contributed by atoms with van der Waals surface area (Å²) in [6, 6.07) is 14.6. The van der Waals surface area contributed by atoms with Crippen molar-refractivity contribution in [1.29, 1.82) is 0 Å². The molecule has 0 bridgehead atoms. The lowest BCUT2D eigenvalue weighted by Crippen LogP contribution is -2.44. The summed E-state index contributed by atoms with van der Waals surface area (Å²) >= 11 is 8.25. The van der Waals surface area contributed by atoms with Crippen LogP contribution in [0, 0.1) is 0 Å². The number of nitrogens with one attached hydrogen (secondary N) is 1. The maximum atomic E-state index is 14.2. The van der Waals surface area contributed by atoms with Crippen LogP contribution < -0.4 is 10.1 Å². The fraction of sp³-hybridized carbons (Fsp3) is 0.345. The van der Waals surface area contributed by atoms with Gasteiger partial charge < -0.3 is 15.0 Å². The minimum atomic E-state index is -0.0218. The molecule has 0 radical (unpaired) electrons. The van der Waals surface area contributed by atoms with Crippen LogP contribution in [0.1, 0.15) is 47.8 Å². The summed E-state index contributed by atoms with van der Waals surface area (Å²) < 4.78 is 7.02. The van der Waals surface area contributed by atoms with E-state index in [-0.39, 0.29) is 11.9 Å². The highest BCUT2D eigenvalue weighted by Crippen LogP contribution is 2.38. The highest BCUT2D eigenvalue weighted by atomic mass is 35.5. The van der Waals surface area contributed by atoms with Crippen LogP contribution in [0.15, 0.2) is 61.1 Å². The molecule has 8 heteroatoms. The van der Waals surface area contributed by atoms with Gasteiger partial charge in [0.25, 0.3) is 5.91 Å². The van der Waals surface area contributed by atoms with Crippen LogP contribution in [-0.2, 0) is 6.54 Å². The van der Waals surface area contributed by atoms with Gasteiger partial charge in [-0.3, -0.25) is 14.8 Å². The summed E-state index contributed by atoms with van der Waals surface area (Å²) in [6.45, 7) is 2.95.